The molecule has 0 unspecified atom stereocenters. The van der Waals surface area contributed by atoms with Crippen LogP contribution in [0.3, 0.4) is 0 Å². The van der Waals surface area contributed by atoms with Gasteiger partial charge in [0.2, 0.25) is 0 Å². The fourth-order valence-corrected chi connectivity index (χ4v) is 2.96. The lowest BCUT2D eigenvalue weighted by molar-refractivity contribution is 0.270. The molecule has 1 aliphatic rings. The van der Waals surface area contributed by atoms with Crippen molar-refractivity contribution in [1.29, 1.82) is 0 Å². The largest absolute Gasteiger partial charge is 0.497 e. The molecule has 0 N–H and O–H groups in total. The van der Waals surface area contributed by atoms with Gasteiger partial charge >= 0.3 is 0 Å². The van der Waals surface area contributed by atoms with Gasteiger partial charge in [0, 0.05) is 18.4 Å². The summed E-state index contributed by atoms with van der Waals surface area (Å²) in [5.41, 5.74) is 1.87. The molecule has 0 heterocycles. The third-order valence-electron chi connectivity index (χ3n) is 3.43. The van der Waals surface area contributed by atoms with Gasteiger partial charge in [0.05, 0.1) is 7.11 Å². The van der Waals surface area contributed by atoms with Gasteiger partial charge in [-0.25, -0.2) is 0 Å². The second kappa shape index (κ2) is 5.40. The van der Waals surface area contributed by atoms with Crippen molar-refractivity contribution < 1.29 is 4.74 Å². The molecular formula is C14H20BrNO. The Kier molecular flexibility index (Phi) is 4.10. The third kappa shape index (κ3) is 3.46. The number of ether oxygens (including phenoxy) is 1. The molecule has 0 aromatic heterocycles. The zero-order valence-electron chi connectivity index (χ0n) is 10.6. The van der Waals surface area contributed by atoms with Gasteiger partial charge in [-0.3, -0.25) is 0 Å². The first kappa shape index (κ1) is 12.9. The number of methoxy groups -OCH3 is 1. The van der Waals surface area contributed by atoms with Crippen molar-refractivity contribution in [3.63, 3.8) is 0 Å². The number of benzene rings is 1. The maximum Gasteiger partial charge on any atom is 0.119 e. The predicted molar refractivity (Wildman–Crippen MR) is 74.8 cm³/mol. The van der Waals surface area contributed by atoms with E-state index in [1.165, 1.54) is 24.9 Å². The molecular weight excluding hydrogens is 278 g/mol. The van der Waals surface area contributed by atoms with Gasteiger partial charge in [0.25, 0.3) is 0 Å². The summed E-state index contributed by atoms with van der Waals surface area (Å²) in [5.74, 6) is 0.942. The minimum absolute atomic E-state index is 0.549. The van der Waals surface area contributed by atoms with E-state index in [2.05, 4.69) is 46.1 Å². The van der Waals surface area contributed by atoms with E-state index in [1.54, 1.807) is 7.11 Å². The fourth-order valence-electron chi connectivity index (χ4n) is 2.22. The molecule has 0 atom stereocenters. The lowest BCUT2D eigenvalue weighted by Gasteiger charge is -2.22. The lowest BCUT2D eigenvalue weighted by atomic mass is 10.1. The van der Waals surface area contributed by atoms with Crippen LogP contribution in [0.1, 0.15) is 18.4 Å². The summed E-state index contributed by atoms with van der Waals surface area (Å²) < 4.78 is 5.24. The SMILES string of the molecule is COc1cccc(CN(C)CC2(CBr)CC2)c1. The van der Waals surface area contributed by atoms with E-state index in [-0.39, 0.29) is 0 Å². The Hall–Kier alpha value is -0.540. The first-order chi connectivity index (χ1) is 8.17. The summed E-state index contributed by atoms with van der Waals surface area (Å²) in [6.45, 7) is 2.17. The molecule has 0 aliphatic heterocycles. The summed E-state index contributed by atoms with van der Waals surface area (Å²) in [7, 11) is 3.91. The van der Waals surface area contributed by atoms with Crippen LogP contribution in [0.15, 0.2) is 24.3 Å². The minimum atomic E-state index is 0.549. The van der Waals surface area contributed by atoms with Gasteiger partial charge < -0.3 is 9.64 Å². The van der Waals surface area contributed by atoms with Gasteiger partial charge in [0.15, 0.2) is 0 Å². The van der Waals surface area contributed by atoms with Crippen molar-refractivity contribution >= 4 is 15.9 Å². The van der Waals surface area contributed by atoms with E-state index < -0.39 is 0 Å². The normalized spacial score (nSPS) is 17.2. The molecule has 0 saturated heterocycles. The van der Waals surface area contributed by atoms with Crippen molar-refractivity contribution in [3.8, 4) is 5.75 Å². The van der Waals surface area contributed by atoms with Gasteiger partial charge in [-0.05, 0) is 43.0 Å². The maximum atomic E-state index is 5.24. The zero-order chi connectivity index (χ0) is 12.3. The lowest BCUT2D eigenvalue weighted by Crippen LogP contribution is -2.27. The number of hydrogen-bond acceptors (Lipinski definition) is 2. The maximum absolute atomic E-state index is 5.24. The van der Waals surface area contributed by atoms with Crippen LogP contribution in [0, 0.1) is 5.41 Å². The number of nitrogens with zero attached hydrogens (tertiary/aromatic N) is 1. The Morgan fingerprint density at radius 2 is 2.18 bits per heavy atom. The molecule has 1 aliphatic carbocycles. The summed E-state index contributed by atoms with van der Waals surface area (Å²) in [6, 6.07) is 8.32. The Balaban J connectivity index is 1.91. The van der Waals surface area contributed by atoms with Crippen LogP contribution >= 0.6 is 15.9 Å². The molecule has 1 aromatic rings. The van der Waals surface area contributed by atoms with Crippen molar-refractivity contribution in [1.82, 2.24) is 4.90 Å². The Labute approximate surface area is 112 Å². The van der Waals surface area contributed by atoms with Crippen LogP contribution in [0.25, 0.3) is 0 Å². The zero-order valence-corrected chi connectivity index (χ0v) is 12.2. The summed E-state index contributed by atoms with van der Waals surface area (Å²) in [6.07, 6.45) is 2.72. The fraction of sp³-hybridized carbons (Fsp3) is 0.571. The second-order valence-corrected chi connectivity index (χ2v) is 5.72. The van der Waals surface area contributed by atoms with Crippen molar-refractivity contribution in [2.75, 3.05) is 26.0 Å². The van der Waals surface area contributed by atoms with Crippen LogP contribution in [-0.4, -0.2) is 30.9 Å². The molecule has 1 aromatic carbocycles. The van der Waals surface area contributed by atoms with E-state index in [1.807, 2.05) is 6.07 Å². The van der Waals surface area contributed by atoms with Gasteiger partial charge in [-0.15, -0.1) is 0 Å². The highest BCUT2D eigenvalue weighted by molar-refractivity contribution is 9.09. The molecule has 3 heteroatoms. The van der Waals surface area contributed by atoms with Crippen molar-refractivity contribution in [2.24, 2.45) is 5.41 Å². The molecule has 2 rings (SSSR count). The van der Waals surface area contributed by atoms with E-state index in [0.29, 0.717) is 5.41 Å². The van der Waals surface area contributed by atoms with E-state index in [0.717, 1.165) is 17.6 Å². The van der Waals surface area contributed by atoms with Crippen molar-refractivity contribution in [3.05, 3.63) is 29.8 Å². The van der Waals surface area contributed by atoms with Crippen molar-refractivity contribution in [2.45, 2.75) is 19.4 Å². The Morgan fingerprint density at radius 1 is 1.41 bits per heavy atom. The highest BCUT2D eigenvalue weighted by Crippen LogP contribution is 2.47. The summed E-state index contributed by atoms with van der Waals surface area (Å²) in [5, 5.41) is 1.13. The van der Waals surface area contributed by atoms with Crippen LogP contribution in [0.5, 0.6) is 5.75 Å². The highest BCUT2D eigenvalue weighted by Gasteiger charge is 2.42. The number of rotatable bonds is 6. The van der Waals surface area contributed by atoms with Gasteiger partial charge in [0.1, 0.15) is 5.75 Å². The molecule has 0 amide bonds. The van der Waals surface area contributed by atoms with Gasteiger partial charge in [-0.1, -0.05) is 28.1 Å². The average molecular weight is 298 g/mol. The molecule has 94 valence electrons. The average Bonchev–Trinajstić information content (AvgIpc) is 3.09. The summed E-state index contributed by atoms with van der Waals surface area (Å²) in [4.78, 5) is 2.41. The molecule has 1 fully saturated rings. The predicted octanol–water partition coefficient (Wildman–Crippen LogP) is 3.30. The van der Waals surface area contributed by atoms with Crippen LogP contribution in [0.2, 0.25) is 0 Å². The molecule has 1 saturated carbocycles. The van der Waals surface area contributed by atoms with E-state index in [4.69, 9.17) is 4.74 Å². The quantitative estimate of drug-likeness (QED) is 0.747. The summed E-state index contributed by atoms with van der Waals surface area (Å²) >= 11 is 3.62. The highest BCUT2D eigenvalue weighted by atomic mass is 79.9. The van der Waals surface area contributed by atoms with Gasteiger partial charge in [-0.2, -0.15) is 0 Å². The van der Waals surface area contributed by atoms with E-state index >= 15 is 0 Å². The Bertz CT molecular complexity index is 376. The van der Waals surface area contributed by atoms with E-state index in [9.17, 15) is 0 Å². The van der Waals surface area contributed by atoms with Crippen LogP contribution < -0.4 is 4.74 Å². The van der Waals surface area contributed by atoms with Crippen LogP contribution in [-0.2, 0) is 6.54 Å². The minimum Gasteiger partial charge on any atom is -0.497 e. The smallest absolute Gasteiger partial charge is 0.119 e. The first-order valence-electron chi connectivity index (χ1n) is 6.05. The topological polar surface area (TPSA) is 12.5 Å². The number of halogens is 1. The monoisotopic (exact) mass is 297 g/mol. The Morgan fingerprint density at radius 3 is 2.76 bits per heavy atom. The van der Waals surface area contributed by atoms with Crippen LogP contribution in [0.4, 0.5) is 0 Å². The third-order valence-corrected chi connectivity index (χ3v) is 4.62. The standard InChI is InChI=1S/C14H20BrNO/c1-16(11-14(10-15)6-7-14)9-12-4-3-5-13(8-12)17-2/h3-5,8H,6-7,9-11H2,1-2H3. The number of hydrogen-bond donors (Lipinski definition) is 0. The molecule has 2 nitrogen and oxygen atoms in total. The second-order valence-electron chi connectivity index (χ2n) is 5.16. The number of alkyl halides is 1. The first-order valence-corrected chi connectivity index (χ1v) is 7.17. The molecule has 0 radical (unpaired) electrons. The molecule has 17 heavy (non-hydrogen) atoms. The molecule has 0 bridgehead atoms. The molecule has 0 spiro atoms.